The minimum Gasteiger partial charge on any atom is -0.454 e. The van der Waals surface area contributed by atoms with Crippen LogP contribution in [0.2, 0.25) is 0 Å². The highest BCUT2D eigenvalue weighted by Gasteiger charge is 2.24. The quantitative estimate of drug-likeness (QED) is 0.533. The maximum Gasteiger partial charge on any atom is 0.304 e. The van der Waals surface area contributed by atoms with E-state index in [-0.39, 0.29) is 12.5 Å². The molecule has 9 heteroatoms. The largest absolute Gasteiger partial charge is 0.454 e. The lowest BCUT2D eigenvalue weighted by molar-refractivity contribution is 0.0940. The van der Waals surface area contributed by atoms with Gasteiger partial charge in [0.05, 0.1) is 16.4 Å². The number of aryl methyl sites for hydroxylation is 1. The number of aromatic nitrogens is 5. The van der Waals surface area contributed by atoms with Crippen LogP contribution in [0.1, 0.15) is 17.4 Å². The number of hydrogen-bond acceptors (Lipinski definition) is 7. The van der Waals surface area contributed by atoms with Crippen molar-refractivity contribution in [2.24, 2.45) is 0 Å². The molecular formula is C18H13N5O4. The van der Waals surface area contributed by atoms with E-state index in [4.69, 9.17) is 9.47 Å². The van der Waals surface area contributed by atoms with Gasteiger partial charge in [-0.1, -0.05) is 17.3 Å². The summed E-state index contributed by atoms with van der Waals surface area (Å²) in [6.45, 7) is 2.44. The van der Waals surface area contributed by atoms with Crippen molar-refractivity contribution in [2.75, 3.05) is 6.79 Å². The van der Waals surface area contributed by atoms with Crippen molar-refractivity contribution in [2.45, 2.75) is 13.5 Å². The van der Waals surface area contributed by atoms with E-state index in [2.05, 4.69) is 15.4 Å². The summed E-state index contributed by atoms with van der Waals surface area (Å²) < 4.78 is 13.4. The predicted octanol–water partition coefficient (Wildman–Crippen LogP) is 1.58. The fourth-order valence-electron chi connectivity index (χ4n) is 3.17. The average Bonchev–Trinajstić information content (AvgIpc) is 3.33. The topological polar surface area (TPSA) is 101 Å². The summed E-state index contributed by atoms with van der Waals surface area (Å²) in [4.78, 5) is 26.0. The number of para-hydroxylation sites is 1. The molecule has 5 rings (SSSR count). The highest BCUT2D eigenvalue weighted by Crippen LogP contribution is 2.35. The molecule has 0 saturated carbocycles. The highest BCUT2D eigenvalue weighted by molar-refractivity contribution is 6.00. The van der Waals surface area contributed by atoms with Crippen LogP contribution in [-0.4, -0.2) is 37.5 Å². The van der Waals surface area contributed by atoms with Crippen LogP contribution < -0.4 is 14.9 Å². The monoisotopic (exact) mass is 363 g/mol. The fraction of sp³-hybridized carbons (Fsp3) is 0.167. The van der Waals surface area contributed by atoms with E-state index in [1.165, 1.54) is 0 Å². The fourth-order valence-corrected chi connectivity index (χ4v) is 3.17. The second kappa shape index (κ2) is 5.63. The summed E-state index contributed by atoms with van der Waals surface area (Å²) in [5, 5.41) is 12.5. The smallest absolute Gasteiger partial charge is 0.304 e. The Bertz CT molecular complexity index is 1290. The van der Waals surface area contributed by atoms with Gasteiger partial charge in [-0.2, -0.15) is 9.78 Å². The van der Waals surface area contributed by atoms with E-state index in [1.54, 1.807) is 41.1 Å². The van der Waals surface area contributed by atoms with Gasteiger partial charge in [0, 0.05) is 12.6 Å². The van der Waals surface area contributed by atoms with Crippen LogP contribution in [0.4, 0.5) is 0 Å². The van der Waals surface area contributed by atoms with Gasteiger partial charge >= 0.3 is 5.91 Å². The van der Waals surface area contributed by atoms with Gasteiger partial charge in [0.25, 0.3) is 0 Å². The van der Waals surface area contributed by atoms with Crippen LogP contribution in [0.15, 0.2) is 41.2 Å². The molecule has 3 heterocycles. The molecule has 9 nitrogen and oxygen atoms in total. The number of benzene rings is 2. The Labute approximate surface area is 151 Å². The van der Waals surface area contributed by atoms with E-state index in [0.717, 1.165) is 4.68 Å². The number of hydrogen-bond donors (Lipinski definition) is 0. The van der Waals surface area contributed by atoms with Crippen molar-refractivity contribution in [1.29, 1.82) is 0 Å². The summed E-state index contributed by atoms with van der Waals surface area (Å²) in [6, 6.07) is 10.3. The number of ether oxygens (including phenoxy) is 2. The van der Waals surface area contributed by atoms with Crippen molar-refractivity contribution in [1.82, 2.24) is 24.8 Å². The molecule has 4 aromatic rings. The Hall–Kier alpha value is -3.75. The zero-order chi connectivity index (χ0) is 18.5. The summed E-state index contributed by atoms with van der Waals surface area (Å²) in [6.07, 6.45) is 0. The third-order valence-electron chi connectivity index (χ3n) is 4.50. The molecule has 0 N–H and O–H groups in total. The van der Waals surface area contributed by atoms with Crippen LogP contribution in [0.25, 0.3) is 21.9 Å². The maximum absolute atomic E-state index is 13.0. The molecule has 134 valence electrons. The number of carbonyl (C=O) groups excluding carboxylic acids is 1. The molecule has 0 aliphatic carbocycles. The Morgan fingerprint density at radius 3 is 2.74 bits per heavy atom. The average molecular weight is 363 g/mol. The van der Waals surface area contributed by atoms with Crippen molar-refractivity contribution >= 4 is 27.8 Å². The van der Waals surface area contributed by atoms with E-state index < -0.39 is 11.3 Å². The lowest BCUT2D eigenvalue weighted by Gasteiger charge is -2.10. The van der Waals surface area contributed by atoms with Gasteiger partial charge in [0.15, 0.2) is 17.2 Å². The molecular weight excluding hydrogens is 350 g/mol. The molecule has 2 aromatic carbocycles. The molecule has 1 aliphatic heterocycles. The van der Waals surface area contributed by atoms with Crippen LogP contribution in [0.3, 0.4) is 0 Å². The summed E-state index contributed by atoms with van der Waals surface area (Å²) >= 11 is 0. The summed E-state index contributed by atoms with van der Waals surface area (Å²) in [5.74, 6) is 0.390. The van der Waals surface area contributed by atoms with Gasteiger partial charge in [-0.25, -0.2) is 0 Å². The highest BCUT2D eigenvalue weighted by atomic mass is 16.7. The minimum atomic E-state index is -0.629. The minimum absolute atomic E-state index is 0.0934. The predicted molar refractivity (Wildman–Crippen MR) is 95.1 cm³/mol. The number of nitrogens with zero attached hydrogens (tertiary/aromatic N) is 5. The Kier molecular flexibility index (Phi) is 3.23. The lowest BCUT2D eigenvalue weighted by Crippen LogP contribution is -2.27. The van der Waals surface area contributed by atoms with Crippen molar-refractivity contribution in [3.05, 3.63) is 52.3 Å². The van der Waals surface area contributed by atoms with E-state index in [1.807, 2.05) is 6.92 Å². The Morgan fingerprint density at radius 1 is 1.15 bits per heavy atom. The molecule has 0 amide bonds. The van der Waals surface area contributed by atoms with Crippen LogP contribution in [-0.2, 0) is 6.54 Å². The van der Waals surface area contributed by atoms with E-state index >= 15 is 0 Å². The Morgan fingerprint density at radius 2 is 1.93 bits per heavy atom. The molecule has 0 atom stereocenters. The molecule has 27 heavy (non-hydrogen) atoms. The van der Waals surface area contributed by atoms with Crippen LogP contribution in [0.5, 0.6) is 11.5 Å². The molecule has 1 aliphatic rings. The van der Waals surface area contributed by atoms with Crippen molar-refractivity contribution in [3.8, 4) is 11.5 Å². The molecule has 2 aromatic heterocycles. The Balaban J connectivity index is 1.76. The molecule has 0 unspecified atom stereocenters. The zero-order valence-corrected chi connectivity index (χ0v) is 14.2. The first-order chi connectivity index (χ1) is 13.2. The second-order valence-electron chi connectivity index (χ2n) is 6.01. The van der Waals surface area contributed by atoms with Gasteiger partial charge < -0.3 is 9.47 Å². The third kappa shape index (κ3) is 2.21. The van der Waals surface area contributed by atoms with Gasteiger partial charge in [-0.05, 0) is 25.1 Å². The first-order valence-corrected chi connectivity index (χ1v) is 8.37. The number of rotatable bonds is 2. The lowest BCUT2D eigenvalue weighted by atomic mass is 10.1. The molecule has 0 bridgehead atoms. The molecule has 0 saturated heterocycles. The van der Waals surface area contributed by atoms with Gasteiger partial charge in [0.1, 0.15) is 5.52 Å². The SMILES string of the molecule is CCn1nc(C(=O)n2nnc3ccccc32)c(=O)c2cc3c(cc21)OCO3. The van der Waals surface area contributed by atoms with Gasteiger partial charge in [-0.15, -0.1) is 5.10 Å². The summed E-state index contributed by atoms with van der Waals surface area (Å²) in [5.41, 5.74) is 0.937. The van der Waals surface area contributed by atoms with E-state index in [0.29, 0.717) is 40.0 Å². The first-order valence-electron chi connectivity index (χ1n) is 8.37. The normalized spacial score (nSPS) is 12.8. The molecule has 0 spiro atoms. The maximum atomic E-state index is 13.0. The standard InChI is InChI=1S/C18H13N5O4/c1-2-22-13-8-15-14(26-9-27-15)7-10(13)17(24)16(20-22)18(25)23-12-6-4-3-5-11(12)19-21-23/h3-8H,2,9H2,1H3. The first kappa shape index (κ1) is 15.5. The second-order valence-corrected chi connectivity index (χ2v) is 6.01. The van der Waals surface area contributed by atoms with Crippen molar-refractivity contribution in [3.63, 3.8) is 0 Å². The van der Waals surface area contributed by atoms with Gasteiger partial charge in [-0.3, -0.25) is 14.3 Å². The molecule has 0 radical (unpaired) electrons. The summed E-state index contributed by atoms with van der Waals surface area (Å²) in [7, 11) is 0. The third-order valence-corrected chi connectivity index (χ3v) is 4.50. The molecule has 0 fully saturated rings. The van der Waals surface area contributed by atoms with E-state index in [9.17, 15) is 9.59 Å². The number of carbonyl (C=O) groups is 1. The van der Waals surface area contributed by atoms with Crippen LogP contribution >= 0.6 is 0 Å². The van der Waals surface area contributed by atoms with Crippen LogP contribution in [0, 0.1) is 0 Å². The number of fused-ring (bicyclic) bond motifs is 3. The zero-order valence-electron chi connectivity index (χ0n) is 14.2. The van der Waals surface area contributed by atoms with Crippen molar-refractivity contribution < 1.29 is 14.3 Å². The van der Waals surface area contributed by atoms with Gasteiger partial charge in [0.2, 0.25) is 12.2 Å².